The number of carbonyl (C=O) groups excluding carboxylic acids is 2. The molecular formula is C18H23N3O3. The van der Waals surface area contributed by atoms with Crippen LogP contribution >= 0.6 is 0 Å². The van der Waals surface area contributed by atoms with E-state index in [4.69, 9.17) is 4.74 Å². The minimum Gasteiger partial charge on any atom is -0.383 e. The molecule has 0 aliphatic heterocycles. The molecule has 1 aromatic carbocycles. The molecule has 1 N–H and O–H groups in total. The Kier molecular flexibility index (Phi) is 5.87. The van der Waals surface area contributed by atoms with Gasteiger partial charge in [-0.2, -0.15) is 5.10 Å². The number of nitrogens with one attached hydrogen (secondary N) is 1. The molecule has 6 heteroatoms. The third-order valence-corrected chi connectivity index (χ3v) is 4.02. The van der Waals surface area contributed by atoms with Crippen LogP contribution in [0.1, 0.15) is 44.6 Å². The van der Waals surface area contributed by atoms with Gasteiger partial charge in [0.25, 0.3) is 5.91 Å². The molecule has 2 rings (SSSR count). The van der Waals surface area contributed by atoms with Crippen LogP contribution in [0.5, 0.6) is 0 Å². The van der Waals surface area contributed by atoms with Crippen molar-refractivity contribution in [1.82, 2.24) is 15.1 Å². The summed E-state index contributed by atoms with van der Waals surface area (Å²) < 4.78 is 6.97. The second-order valence-electron chi connectivity index (χ2n) is 5.68. The summed E-state index contributed by atoms with van der Waals surface area (Å²) in [6, 6.07) is 6.65. The summed E-state index contributed by atoms with van der Waals surface area (Å²) in [6.45, 7) is 7.11. The number of ketones is 1. The molecule has 0 radical (unpaired) electrons. The molecule has 1 amide bonds. The van der Waals surface area contributed by atoms with Crippen molar-refractivity contribution < 1.29 is 14.3 Å². The van der Waals surface area contributed by atoms with Crippen LogP contribution < -0.4 is 5.32 Å². The van der Waals surface area contributed by atoms with E-state index in [1.165, 1.54) is 6.92 Å². The van der Waals surface area contributed by atoms with E-state index in [-0.39, 0.29) is 11.7 Å². The second-order valence-corrected chi connectivity index (χ2v) is 5.68. The Labute approximate surface area is 141 Å². The van der Waals surface area contributed by atoms with Crippen LogP contribution in [0.3, 0.4) is 0 Å². The highest BCUT2D eigenvalue weighted by Gasteiger charge is 2.13. The standard InChI is InChI=1S/C18H23N3O3/c1-12-17(13(2)21(20-12)9-10-24-4)11-19-18(23)16-7-5-15(6-8-16)14(3)22/h5-8H,9-11H2,1-4H3,(H,19,23). The van der Waals surface area contributed by atoms with Crippen molar-refractivity contribution in [3.8, 4) is 0 Å². The fraction of sp³-hybridized carbons (Fsp3) is 0.389. The monoisotopic (exact) mass is 329 g/mol. The topological polar surface area (TPSA) is 73.2 Å². The zero-order valence-corrected chi connectivity index (χ0v) is 14.5. The first-order chi connectivity index (χ1) is 11.4. The summed E-state index contributed by atoms with van der Waals surface area (Å²) in [4.78, 5) is 23.5. The van der Waals surface area contributed by atoms with Crippen molar-refractivity contribution in [2.24, 2.45) is 0 Å². The molecule has 0 aliphatic carbocycles. The molecule has 0 aliphatic rings. The van der Waals surface area contributed by atoms with Crippen molar-refractivity contribution in [2.45, 2.75) is 33.9 Å². The predicted molar refractivity (Wildman–Crippen MR) is 91.2 cm³/mol. The van der Waals surface area contributed by atoms with E-state index in [0.717, 1.165) is 17.0 Å². The molecule has 0 spiro atoms. The average Bonchev–Trinajstić information content (AvgIpc) is 2.84. The lowest BCUT2D eigenvalue weighted by Gasteiger charge is -2.07. The van der Waals surface area contributed by atoms with Crippen LogP contribution in [0.2, 0.25) is 0 Å². The summed E-state index contributed by atoms with van der Waals surface area (Å²) in [5.74, 6) is -0.190. The summed E-state index contributed by atoms with van der Waals surface area (Å²) in [5, 5.41) is 7.38. The molecule has 0 atom stereocenters. The lowest BCUT2D eigenvalue weighted by atomic mass is 10.1. The van der Waals surface area contributed by atoms with Gasteiger partial charge in [-0.1, -0.05) is 12.1 Å². The molecule has 128 valence electrons. The van der Waals surface area contributed by atoms with Crippen LogP contribution in [-0.2, 0) is 17.8 Å². The number of hydrogen-bond donors (Lipinski definition) is 1. The van der Waals surface area contributed by atoms with E-state index in [1.807, 2.05) is 18.5 Å². The third kappa shape index (κ3) is 4.08. The molecule has 2 aromatic rings. The Morgan fingerprint density at radius 1 is 1.17 bits per heavy atom. The molecule has 1 heterocycles. The number of methoxy groups -OCH3 is 1. The lowest BCUT2D eigenvalue weighted by molar-refractivity contribution is 0.0948. The number of aryl methyl sites for hydroxylation is 1. The molecule has 0 saturated heterocycles. The second kappa shape index (κ2) is 7.88. The van der Waals surface area contributed by atoms with Crippen LogP contribution in [-0.4, -0.2) is 35.2 Å². The van der Waals surface area contributed by atoms with E-state index in [0.29, 0.717) is 30.8 Å². The van der Waals surface area contributed by atoms with E-state index < -0.39 is 0 Å². The van der Waals surface area contributed by atoms with Gasteiger partial charge in [-0.05, 0) is 32.9 Å². The molecule has 0 bridgehead atoms. The number of benzene rings is 1. The van der Waals surface area contributed by atoms with Gasteiger partial charge >= 0.3 is 0 Å². The largest absolute Gasteiger partial charge is 0.383 e. The number of rotatable bonds is 7. The minimum atomic E-state index is -0.173. The van der Waals surface area contributed by atoms with Gasteiger partial charge < -0.3 is 10.1 Å². The van der Waals surface area contributed by atoms with Gasteiger partial charge in [-0.25, -0.2) is 0 Å². The molecular weight excluding hydrogens is 306 g/mol. The van der Waals surface area contributed by atoms with Crippen molar-refractivity contribution in [3.05, 3.63) is 52.3 Å². The predicted octanol–water partition coefficient (Wildman–Crippen LogP) is 2.28. The van der Waals surface area contributed by atoms with E-state index in [1.54, 1.807) is 31.4 Å². The number of Topliss-reactive ketones (excluding diaryl/α,β-unsaturated/α-hetero) is 1. The summed E-state index contributed by atoms with van der Waals surface area (Å²) in [5.41, 5.74) is 4.06. The Hall–Kier alpha value is -2.47. The molecule has 24 heavy (non-hydrogen) atoms. The zero-order chi connectivity index (χ0) is 17.7. The Balaban J connectivity index is 2.03. The van der Waals surface area contributed by atoms with Crippen LogP contribution in [0.4, 0.5) is 0 Å². The van der Waals surface area contributed by atoms with E-state index in [2.05, 4.69) is 10.4 Å². The quantitative estimate of drug-likeness (QED) is 0.791. The first kappa shape index (κ1) is 17.9. The summed E-state index contributed by atoms with van der Waals surface area (Å²) in [6.07, 6.45) is 0. The van der Waals surface area contributed by atoms with E-state index >= 15 is 0 Å². The van der Waals surface area contributed by atoms with Crippen molar-refractivity contribution in [1.29, 1.82) is 0 Å². The number of nitrogens with zero attached hydrogens (tertiary/aromatic N) is 2. The highest BCUT2D eigenvalue weighted by atomic mass is 16.5. The SMILES string of the molecule is COCCn1nc(C)c(CNC(=O)c2ccc(C(C)=O)cc2)c1C. The first-order valence-electron chi connectivity index (χ1n) is 7.85. The highest BCUT2D eigenvalue weighted by molar-refractivity contribution is 5.97. The Bertz CT molecular complexity index is 733. The van der Waals surface area contributed by atoms with Gasteiger partial charge in [0.2, 0.25) is 0 Å². The van der Waals surface area contributed by atoms with Gasteiger partial charge in [0.15, 0.2) is 5.78 Å². The third-order valence-electron chi connectivity index (χ3n) is 4.02. The molecule has 0 fully saturated rings. The van der Waals surface area contributed by atoms with Gasteiger partial charge in [0.1, 0.15) is 0 Å². The normalized spacial score (nSPS) is 10.7. The van der Waals surface area contributed by atoms with Crippen LogP contribution in [0, 0.1) is 13.8 Å². The Morgan fingerprint density at radius 2 is 1.79 bits per heavy atom. The smallest absolute Gasteiger partial charge is 0.251 e. The first-order valence-corrected chi connectivity index (χ1v) is 7.85. The van der Waals surface area contributed by atoms with Gasteiger partial charge in [-0.15, -0.1) is 0 Å². The maximum absolute atomic E-state index is 12.3. The number of carbonyl (C=O) groups is 2. The zero-order valence-electron chi connectivity index (χ0n) is 14.5. The summed E-state index contributed by atoms with van der Waals surface area (Å²) in [7, 11) is 1.66. The number of amides is 1. The molecule has 1 aromatic heterocycles. The van der Waals surface area contributed by atoms with Gasteiger partial charge in [0, 0.05) is 36.0 Å². The van der Waals surface area contributed by atoms with Crippen LogP contribution in [0.15, 0.2) is 24.3 Å². The van der Waals surface area contributed by atoms with Gasteiger partial charge in [-0.3, -0.25) is 14.3 Å². The van der Waals surface area contributed by atoms with E-state index in [9.17, 15) is 9.59 Å². The molecule has 0 unspecified atom stereocenters. The number of hydrogen-bond acceptors (Lipinski definition) is 4. The van der Waals surface area contributed by atoms with Crippen molar-refractivity contribution >= 4 is 11.7 Å². The molecule has 0 saturated carbocycles. The average molecular weight is 329 g/mol. The fourth-order valence-electron chi connectivity index (χ4n) is 2.51. The van der Waals surface area contributed by atoms with Crippen molar-refractivity contribution in [3.63, 3.8) is 0 Å². The maximum Gasteiger partial charge on any atom is 0.251 e. The minimum absolute atomic E-state index is 0.0170. The fourth-order valence-corrected chi connectivity index (χ4v) is 2.51. The summed E-state index contributed by atoms with van der Waals surface area (Å²) >= 11 is 0. The highest BCUT2D eigenvalue weighted by Crippen LogP contribution is 2.13. The molecule has 6 nitrogen and oxygen atoms in total. The lowest BCUT2D eigenvalue weighted by Crippen LogP contribution is -2.23. The number of aromatic nitrogens is 2. The van der Waals surface area contributed by atoms with Crippen molar-refractivity contribution in [2.75, 3.05) is 13.7 Å². The Morgan fingerprint density at radius 3 is 2.38 bits per heavy atom. The van der Waals surface area contributed by atoms with Crippen LogP contribution in [0.25, 0.3) is 0 Å². The number of ether oxygens (including phenoxy) is 1. The van der Waals surface area contributed by atoms with Gasteiger partial charge in [0.05, 0.1) is 18.8 Å². The maximum atomic E-state index is 12.3.